The molecule has 8 heteroatoms. The van der Waals surface area contributed by atoms with Crippen molar-refractivity contribution in [3.8, 4) is 0 Å². The van der Waals surface area contributed by atoms with Crippen LogP contribution in [-0.4, -0.2) is 51.0 Å². The maximum atomic E-state index is 12.2. The van der Waals surface area contributed by atoms with E-state index in [4.69, 9.17) is 10.5 Å². The number of nitrogens with two attached hydrogens (primary N) is 1. The monoisotopic (exact) mass is 281 g/mol. The molecule has 2 rings (SSSR count). The SMILES string of the molecule is CCOC(=O)CN(C(=O)Cn1cc(CN)nn1)C1CC1. The van der Waals surface area contributed by atoms with Crippen LogP contribution in [0.2, 0.25) is 0 Å². The number of hydrogen-bond donors (Lipinski definition) is 1. The predicted octanol–water partition coefficient (Wildman–Crippen LogP) is -0.709. The van der Waals surface area contributed by atoms with Crippen LogP contribution >= 0.6 is 0 Å². The summed E-state index contributed by atoms with van der Waals surface area (Å²) < 4.78 is 6.32. The standard InChI is InChI=1S/C12H19N5O3/c1-2-20-12(19)8-17(10-3-4-10)11(18)7-16-6-9(5-13)14-15-16/h6,10H,2-5,7-8,13H2,1H3. The van der Waals surface area contributed by atoms with E-state index < -0.39 is 0 Å². The molecule has 20 heavy (non-hydrogen) atoms. The summed E-state index contributed by atoms with van der Waals surface area (Å²) in [6.07, 6.45) is 3.49. The summed E-state index contributed by atoms with van der Waals surface area (Å²) in [5.41, 5.74) is 6.06. The summed E-state index contributed by atoms with van der Waals surface area (Å²) >= 11 is 0. The molecule has 0 bridgehead atoms. The van der Waals surface area contributed by atoms with E-state index in [1.165, 1.54) is 4.68 Å². The number of aromatic nitrogens is 3. The number of esters is 1. The zero-order valence-electron chi connectivity index (χ0n) is 11.5. The van der Waals surface area contributed by atoms with E-state index in [1.54, 1.807) is 18.0 Å². The molecule has 0 aliphatic heterocycles. The maximum Gasteiger partial charge on any atom is 0.325 e. The highest BCUT2D eigenvalue weighted by molar-refractivity contribution is 5.82. The fourth-order valence-corrected chi connectivity index (χ4v) is 1.89. The number of ether oxygens (including phenoxy) is 1. The Morgan fingerprint density at radius 1 is 1.55 bits per heavy atom. The van der Waals surface area contributed by atoms with Gasteiger partial charge in [-0.15, -0.1) is 5.10 Å². The highest BCUT2D eigenvalue weighted by Crippen LogP contribution is 2.27. The zero-order chi connectivity index (χ0) is 14.5. The van der Waals surface area contributed by atoms with Crippen LogP contribution in [0.15, 0.2) is 6.20 Å². The minimum atomic E-state index is -0.381. The summed E-state index contributed by atoms with van der Waals surface area (Å²) in [6.45, 7) is 2.39. The number of hydrogen-bond acceptors (Lipinski definition) is 6. The third-order valence-electron chi connectivity index (χ3n) is 3.01. The van der Waals surface area contributed by atoms with E-state index in [2.05, 4.69) is 10.3 Å². The summed E-state index contributed by atoms with van der Waals surface area (Å²) in [6, 6.07) is 0.143. The highest BCUT2D eigenvalue weighted by Gasteiger charge is 2.34. The largest absolute Gasteiger partial charge is 0.465 e. The lowest BCUT2D eigenvalue weighted by Gasteiger charge is -2.21. The predicted molar refractivity (Wildman–Crippen MR) is 69.3 cm³/mol. The highest BCUT2D eigenvalue weighted by atomic mass is 16.5. The summed E-state index contributed by atoms with van der Waals surface area (Å²) in [4.78, 5) is 25.3. The smallest absolute Gasteiger partial charge is 0.325 e. The maximum absolute atomic E-state index is 12.2. The van der Waals surface area contributed by atoms with Crippen LogP contribution in [0.25, 0.3) is 0 Å². The van der Waals surface area contributed by atoms with Gasteiger partial charge in [0.2, 0.25) is 5.91 Å². The fraction of sp³-hybridized carbons (Fsp3) is 0.667. The van der Waals surface area contributed by atoms with Gasteiger partial charge in [-0.05, 0) is 19.8 Å². The van der Waals surface area contributed by atoms with Gasteiger partial charge in [-0.1, -0.05) is 5.21 Å². The van der Waals surface area contributed by atoms with Crippen molar-refractivity contribution in [3.63, 3.8) is 0 Å². The normalized spacial score (nSPS) is 14.1. The summed E-state index contributed by atoms with van der Waals surface area (Å²) in [5.74, 6) is -0.539. The Morgan fingerprint density at radius 3 is 2.85 bits per heavy atom. The fourth-order valence-electron chi connectivity index (χ4n) is 1.89. The van der Waals surface area contributed by atoms with Gasteiger partial charge in [0, 0.05) is 12.6 Å². The van der Waals surface area contributed by atoms with Crippen LogP contribution in [0.5, 0.6) is 0 Å². The lowest BCUT2D eigenvalue weighted by Crippen LogP contribution is -2.40. The topological polar surface area (TPSA) is 103 Å². The van der Waals surface area contributed by atoms with Crippen molar-refractivity contribution in [2.24, 2.45) is 5.73 Å². The second-order valence-electron chi connectivity index (χ2n) is 4.67. The van der Waals surface area contributed by atoms with Crippen LogP contribution in [0.1, 0.15) is 25.5 Å². The van der Waals surface area contributed by atoms with Crippen molar-refractivity contribution in [2.45, 2.75) is 38.9 Å². The van der Waals surface area contributed by atoms with Crippen molar-refractivity contribution >= 4 is 11.9 Å². The number of rotatable bonds is 7. The van der Waals surface area contributed by atoms with E-state index in [0.29, 0.717) is 12.3 Å². The zero-order valence-corrected chi connectivity index (χ0v) is 11.5. The van der Waals surface area contributed by atoms with Gasteiger partial charge in [-0.25, -0.2) is 4.68 Å². The van der Waals surface area contributed by atoms with Crippen LogP contribution < -0.4 is 5.73 Å². The molecule has 2 N–H and O–H groups in total. The molecule has 0 saturated heterocycles. The molecular formula is C12H19N5O3. The first kappa shape index (κ1) is 14.4. The Kier molecular flexibility index (Phi) is 4.67. The van der Waals surface area contributed by atoms with E-state index in [1.807, 2.05) is 0 Å². The molecular weight excluding hydrogens is 262 g/mol. The minimum absolute atomic E-state index is 0.00418. The van der Waals surface area contributed by atoms with Gasteiger partial charge >= 0.3 is 5.97 Å². The Bertz CT molecular complexity index is 483. The van der Waals surface area contributed by atoms with Gasteiger partial charge in [-0.3, -0.25) is 9.59 Å². The van der Waals surface area contributed by atoms with Crippen molar-refractivity contribution in [2.75, 3.05) is 13.2 Å². The molecule has 1 fully saturated rings. The van der Waals surface area contributed by atoms with Gasteiger partial charge in [0.1, 0.15) is 13.1 Å². The molecule has 0 unspecified atom stereocenters. The molecule has 1 aromatic heterocycles. The van der Waals surface area contributed by atoms with E-state index in [-0.39, 0.29) is 37.6 Å². The lowest BCUT2D eigenvalue weighted by atomic mass is 10.4. The average Bonchev–Trinajstić information content (AvgIpc) is 3.16. The molecule has 0 spiro atoms. The molecule has 0 radical (unpaired) electrons. The Labute approximate surface area is 116 Å². The van der Waals surface area contributed by atoms with Gasteiger partial charge in [0.25, 0.3) is 0 Å². The first-order valence-corrected chi connectivity index (χ1v) is 6.68. The van der Waals surface area contributed by atoms with Gasteiger partial charge in [0.15, 0.2) is 0 Å². The Balaban J connectivity index is 1.94. The van der Waals surface area contributed by atoms with Crippen LogP contribution in [0.3, 0.4) is 0 Å². The lowest BCUT2D eigenvalue weighted by molar-refractivity contribution is -0.149. The average molecular weight is 281 g/mol. The first-order valence-electron chi connectivity index (χ1n) is 6.68. The number of amides is 1. The van der Waals surface area contributed by atoms with E-state index in [0.717, 1.165) is 12.8 Å². The van der Waals surface area contributed by atoms with Crippen molar-refractivity contribution in [1.82, 2.24) is 19.9 Å². The Morgan fingerprint density at radius 2 is 2.30 bits per heavy atom. The molecule has 1 saturated carbocycles. The quantitative estimate of drug-likeness (QED) is 0.662. The second kappa shape index (κ2) is 6.47. The molecule has 0 atom stereocenters. The molecule has 1 aliphatic rings. The van der Waals surface area contributed by atoms with E-state index >= 15 is 0 Å². The molecule has 0 aromatic carbocycles. The van der Waals surface area contributed by atoms with Gasteiger partial charge in [-0.2, -0.15) is 0 Å². The third-order valence-corrected chi connectivity index (χ3v) is 3.01. The Hall–Kier alpha value is -1.96. The molecule has 1 aliphatic carbocycles. The van der Waals surface area contributed by atoms with Gasteiger partial charge in [0.05, 0.1) is 18.5 Å². The van der Waals surface area contributed by atoms with Crippen LogP contribution in [0, 0.1) is 0 Å². The van der Waals surface area contributed by atoms with Gasteiger partial charge < -0.3 is 15.4 Å². The molecule has 8 nitrogen and oxygen atoms in total. The second-order valence-corrected chi connectivity index (χ2v) is 4.67. The van der Waals surface area contributed by atoms with Crippen LogP contribution in [0.4, 0.5) is 0 Å². The number of carbonyl (C=O) groups excluding carboxylic acids is 2. The minimum Gasteiger partial charge on any atom is -0.465 e. The molecule has 110 valence electrons. The molecule has 1 amide bonds. The van der Waals surface area contributed by atoms with Crippen molar-refractivity contribution < 1.29 is 14.3 Å². The number of nitrogens with zero attached hydrogens (tertiary/aromatic N) is 4. The summed E-state index contributed by atoms with van der Waals surface area (Å²) in [5, 5.41) is 7.65. The van der Waals surface area contributed by atoms with Crippen LogP contribution in [-0.2, 0) is 27.4 Å². The molecule has 1 aromatic rings. The first-order chi connectivity index (χ1) is 9.63. The van der Waals surface area contributed by atoms with Crippen molar-refractivity contribution in [3.05, 3.63) is 11.9 Å². The van der Waals surface area contributed by atoms with E-state index in [9.17, 15) is 9.59 Å². The van der Waals surface area contributed by atoms with Crippen molar-refractivity contribution in [1.29, 1.82) is 0 Å². The summed E-state index contributed by atoms with van der Waals surface area (Å²) in [7, 11) is 0. The molecule has 1 heterocycles. The third kappa shape index (κ3) is 3.77. The number of carbonyl (C=O) groups is 2.